The molecule has 12 nitrogen and oxygen atoms in total. The van der Waals surface area contributed by atoms with E-state index in [0.717, 1.165) is 138 Å². The summed E-state index contributed by atoms with van der Waals surface area (Å²) in [6, 6.07) is 162. The van der Waals surface area contributed by atoms with Crippen molar-refractivity contribution in [3.63, 3.8) is 0 Å². The molecule has 1 aliphatic carbocycles. The molecule has 0 bridgehead atoms. The fraction of sp³-hybridized carbons (Fsp3) is 0. The number of nitrogens with zero attached hydrogens (tertiary/aromatic N) is 9. The minimum absolute atomic E-state index is 0.607. The Labute approximate surface area is 808 Å². The van der Waals surface area contributed by atoms with Crippen molar-refractivity contribution in [1.29, 1.82) is 0 Å². The second-order valence-electron chi connectivity index (χ2n) is 35.6. The van der Waals surface area contributed by atoms with Crippen LogP contribution in [0.15, 0.2) is 480 Å². The van der Waals surface area contributed by atoms with Crippen molar-refractivity contribution in [2.75, 3.05) is 0 Å². The number of benzene rings is 22. The van der Waals surface area contributed by atoms with Crippen LogP contribution in [-0.4, -0.2) is 44.9 Å². The molecule has 0 spiro atoms. The van der Waals surface area contributed by atoms with Crippen LogP contribution in [0.5, 0.6) is 0 Å². The van der Waals surface area contributed by atoms with E-state index in [-0.39, 0.29) is 0 Å². The van der Waals surface area contributed by atoms with E-state index in [1.54, 1.807) is 0 Å². The van der Waals surface area contributed by atoms with E-state index >= 15 is 0 Å². The van der Waals surface area contributed by atoms with Gasteiger partial charge in [-0.2, -0.15) is 0 Å². The van der Waals surface area contributed by atoms with Gasteiger partial charge < -0.3 is 13.3 Å². The maximum absolute atomic E-state index is 6.44. The maximum atomic E-state index is 6.44. The van der Waals surface area contributed by atoms with E-state index in [1.807, 2.05) is 218 Å². The van der Waals surface area contributed by atoms with Crippen LogP contribution in [-0.2, 0) is 0 Å². The molecule has 0 aliphatic heterocycles. The Morgan fingerprint density at radius 1 is 0.113 bits per heavy atom. The van der Waals surface area contributed by atoms with Crippen LogP contribution in [0.4, 0.5) is 0 Å². The first-order valence-corrected chi connectivity index (χ1v) is 47.3. The summed E-state index contributed by atoms with van der Waals surface area (Å²) in [5.41, 5.74) is 25.3. The summed E-state index contributed by atoms with van der Waals surface area (Å²) in [7, 11) is 0. The highest BCUT2D eigenvalue weighted by atomic mass is 16.3. The molecule has 0 saturated heterocycles. The molecule has 0 N–H and O–H groups in total. The number of hydrogen-bond donors (Lipinski definition) is 0. The summed E-state index contributed by atoms with van der Waals surface area (Å²) < 4.78 is 19.3. The highest BCUT2D eigenvalue weighted by Gasteiger charge is 2.27. The van der Waals surface area contributed by atoms with Crippen LogP contribution >= 0.6 is 0 Å². The third-order valence-electron chi connectivity index (χ3n) is 27.3. The topological polar surface area (TPSA) is 155 Å². The molecular weight excluding hydrogens is 1720 g/mol. The Hall–Kier alpha value is -19.2. The molecule has 0 fully saturated rings. The third kappa shape index (κ3) is 14.3. The van der Waals surface area contributed by atoms with Crippen LogP contribution in [0, 0.1) is 0 Å². The SMILES string of the molecule is c1ccc(-c2nc(-c3ccccc3)nc(-c3cccc4oc5ccc(-c6cc7ccccc7c7ccccc67)cc5c34)n2)cc1.c1ccc(-c2nc(-c3ccccc3)nc(-c3cccc4oc5ccc(-c6ccc7c8c(cccc68)-c6ccccc6-7)cc5c34)n2)cc1.c1ccc(-c2nc(-c3ccccc3)nc(-c3cccc4oc5ccc(-c6ccc7c8ccccc8c8ccccc8c7c6)cc5c34)n2)cc1. The summed E-state index contributed by atoms with van der Waals surface area (Å²) in [6.45, 7) is 0. The van der Waals surface area contributed by atoms with Crippen LogP contribution in [0.25, 0.3) is 289 Å². The van der Waals surface area contributed by atoms with E-state index in [0.29, 0.717) is 52.4 Å². The van der Waals surface area contributed by atoms with E-state index in [2.05, 4.69) is 249 Å². The monoisotopic (exact) mass is 1800 g/mol. The van der Waals surface area contributed by atoms with Crippen LogP contribution in [0.3, 0.4) is 0 Å². The van der Waals surface area contributed by atoms with Crippen molar-refractivity contribution < 1.29 is 13.3 Å². The quantitative estimate of drug-likeness (QED) is 0.107. The Bertz CT molecular complexity index is 9650. The predicted molar refractivity (Wildman–Crippen MR) is 576 cm³/mol. The van der Waals surface area contributed by atoms with Crippen molar-refractivity contribution in [3.05, 3.63) is 467 Å². The van der Waals surface area contributed by atoms with Crippen molar-refractivity contribution in [1.82, 2.24) is 44.9 Å². The molecule has 28 aromatic rings. The van der Waals surface area contributed by atoms with E-state index in [4.69, 9.17) is 58.1 Å². The molecule has 6 aromatic heterocycles. The molecular formula is C129H77N9O3. The standard InChI is InChI=1S/C45H27N3O.C43H25N3O.C41H25N3O/c1-3-12-28(13-4-1)43-46-44(29-14-5-2-6-15-29)48-45(47-43)37-20-11-21-41-42(37)39-27-31(23-25-40(39)49-41)30-22-24-36-34-18-8-7-16-32(34)33-17-9-10-19-35(33)38(36)26-30;1-3-11-26(12-4-1)41-44-42(27-13-5-2-6-14-27)46-43(45-41)35-19-10-20-38-40(35)36-25-28(21-24-37(36)47-38)29-22-23-34-31-16-8-7-15-30(31)33-18-9-17-32(29)39(33)34;1-3-12-26(13-4-1)39-42-40(27-14-5-2-6-15-27)44-41(43-39)33-20-11-21-37-38(33)35-25-29(22-23-36(35)45-37)34-24-28-16-7-8-17-30(28)31-18-9-10-19-32(31)34/h1-27H;1-25H;1-25H. The number of hydrogen-bond acceptors (Lipinski definition) is 12. The lowest BCUT2D eigenvalue weighted by atomic mass is 9.92. The predicted octanol–water partition coefficient (Wildman–Crippen LogP) is 33.9. The minimum Gasteiger partial charge on any atom is -0.456 e. The molecule has 1 aliphatic rings. The fourth-order valence-electron chi connectivity index (χ4n) is 20.8. The fourth-order valence-corrected chi connectivity index (χ4v) is 20.8. The molecule has 0 radical (unpaired) electrons. The zero-order chi connectivity index (χ0) is 93.0. The van der Waals surface area contributed by atoms with Gasteiger partial charge in [-0.1, -0.05) is 400 Å². The molecule has 0 atom stereocenters. The first kappa shape index (κ1) is 81.4. The number of fused-ring (bicyclic) bond motifs is 21. The Morgan fingerprint density at radius 2 is 0.376 bits per heavy atom. The number of rotatable bonds is 12. The second kappa shape index (κ2) is 34.0. The van der Waals surface area contributed by atoms with Gasteiger partial charge in [-0.05, 0) is 187 Å². The molecule has 141 heavy (non-hydrogen) atoms. The first-order chi connectivity index (χ1) is 69.9. The van der Waals surface area contributed by atoms with Crippen molar-refractivity contribution in [3.8, 4) is 158 Å². The maximum Gasteiger partial charge on any atom is 0.164 e. The van der Waals surface area contributed by atoms with Gasteiger partial charge in [0, 0.05) is 82.4 Å². The van der Waals surface area contributed by atoms with Crippen molar-refractivity contribution in [2.45, 2.75) is 0 Å². The van der Waals surface area contributed by atoms with E-state index in [1.165, 1.54) is 98.0 Å². The zero-order valence-corrected chi connectivity index (χ0v) is 75.7. The van der Waals surface area contributed by atoms with Crippen LogP contribution < -0.4 is 0 Å². The van der Waals surface area contributed by atoms with Gasteiger partial charge in [-0.25, -0.2) is 44.9 Å². The lowest BCUT2D eigenvalue weighted by molar-refractivity contribution is 0.668. The van der Waals surface area contributed by atoms with Gasteiger partial charge in [0.05, 0.1) is 0 Å². The summed E-state index contributed by atoms with van der Waals surface area (Å²) in [4.78, 5) is 44.9. The lowest BCUT2D eigenvalue weighted by Gasteiger charge is -2.12. The van der Waals surface area contributed by atoms with Crippen molar-refractivity contribution in [2.24, 2.45) is 0 Å². The van der Waals surface area contributed by atoms with Gasteiger partial charge in [0.2, 0.25) is 0 Å². The number of furan rings is 3. The molecule has 0 amide bonds. The Kier molecular flexibility index (Phi) is 19.6. The summed E-state index contributed by atoms with van der Waals surface area (Å²) >= 11 is 0. The Morgan fingerprint density at radius 3 is 0.780 bits per heavy atom. The molecule has 0 saturated carbocycles. The van der Waals surface area contributed by atoms with Gasteiger partial charge in [0.15, 0.2) is 52.4 Å². The summed E-state index contributed by atoms with van der Waals surface area (Å²) in [5.74, 6) is 5.62. The average molecular weight is 1800 g/mol. The summed E-state index contributed by atoms with van der Waals surface area (Å²) in [6.07, 6.45) is 0. The van der Waals surface area contributed by atoms with Gasteiger partial charge in [0.25, 0.3) is 0 Å². The average Bonchev–Trinajstić information content (AvgIpc) is 1.36. The van der Waals surface area contributed by atoms with E-state index in [9.17, 15) is 0 Å². The second-order valence-corrected chi connectivity index (χ2v) is 35.6. The van der Waals surface area contributed by atoms with Gasteiger partial charge in [0.1, 0.15) is 33.5 Å². The third-order valence-corrected chi connectivity index (χ3v) is 27.3. The molecule has 12 heteroatoms. The highest BCUT2D eigenvalue weighted by Crippen LogP contribution is 2.52. The van der Waals surface area contributed by atoms with Gasteiger partial charge in [-0.15, -0.1) is 0 Å². The molecule has 6 heterocycles. The van der Waals surface area contributed by atoms with Crippen LogP contribution in [0.1, 0.15) is 0 Å². The molecule has 22 aromatic carbocycles. The zero-order valence-electron chi connectivity index (χ0n) is 75.7. The van der Waals surface area contributed by atoms with Gasteiger partial charge >= 0.3 is 0 Å². The van der Waals surface area contributed by atoms with Gasteiger partial charge in [-0.3, -0.25) is 0 Å². The van der Waals surface area contributed by atoms with Crippen molar-refractivity contribution >= 4 is 130 Å². The normalized spacial score (nSPS) is 11.7. The first-order valence-electron chi connectivity index (χ1n) is 47.3. The highest BCUT2D eigenvalue weighted by molar-refractivity contribution is 6.27. The lowest BCUT2D eigenvalue weighted by Crippen LogP contribution is -2.00. The van der Waals surface area contributed by atoms with E-state index < -0.39 is 0 Å². The molecule has 656 valence electrons. The molecule has 0 unspecified atom stereocenters. The summed E-state index contributed by atoms with van der Waals surface area (Å²) in [5, 5.41) is 21.1. The smallest absolute Gasteiger partial charge is 0.164 e. The largest absolute Gasteiger partial charge is 0.456 e. The molecule has 29 rings (SSSR count). The number of aromatic nitrogens is 9. The Balaban J connectivity index is 0.000000106. The minimum atomic E-state index is 0.607. The van der Waals surface area contributed by atoms with Crippen LogP contribution in [0.2, 0.25) is 0 Å².